The molecule has 0 bridgehead atoms. The minimum Gasteiger partial charge on any atom is -0.336 e. The van der Waals surface area contributed by atoms with E-state index in [2.05, 4.69) is 24.5 Å². The summed E-state index contributed by atoms with van der Waals surface area (Å²) in [4.78, 5) is 11.4. The topological polar surface area (TPSA) is 41.1 Å². The Morgan fingerprint density at radius 1 is 1.33 bits per heavy atom. The van der Waals surface area contributed by atoms with E-state index in [0.717, 1.165) is 19.3 Å². The van der Waals surface area contributed by atoms with Crippen LogP contribution in [0.5, 0.6) is 0 Å². The van der Waals surface area contributed by atoms with Crippen molar-refractivity contribution in [3.63, 3.8) is 0 Å². The van der Waals surface area contributed by atoms with Crippen molar-refractivity contribution in [1.82, 2.24) is 10.6 Å². The Balaban J connectivity index is 1.96. The Bertz CT molecular complexity index is 190. The smallest absolute Gasteiger partial charge is 0.315 e. The monoisotopic (exact) mass is 212 g/mol. The molecule has 1 rings (SSSR count). The summed E-state index contributed by atoms with van der Waals surface area (Å²) < 4.78 is 0. The van der Waals surface area contributed by atoms with Crippen molar-refractivity contribution in [3.8, 4) is 0 Å². The van der Waals surface area contributed by atoms with Gasteiger partial charge in [0.05, 0.1) is 0 Å². The Morgan fingerprint density at radius 3 is 2.67 bits per heavy atom. The Labute approximate surface area is 93.0 Å². The quantitative estimate of drug-likeness (QED) is 0.626. The summed E-state index contributed by atoms with van der Waals surface area (Å²) in [6, 6.07) is 0.776. The standard InChI is InChI=1S/C12H24N2O/c1-3-4-5-6-7-10(2)13-12(15)14-11-8-9-11/h10-11H,3-9H2,1-2H3,(H2,13,14,15)/t10-/m0/s1. The fourth-order valence-electron chi connectivity index (χ4n) is 1.63. The van der Waals surface area contributed by atoms with E-state index in [1.54, 1.807) is 0 Å². The fourth-order valence-corrected chi connectivity index (χ4v) is 1.63. The molecule has 1 atom stereocenters. The first-order valence-electron chi connectivity index (χ1n) is 6.29. The van der Waals surface area contributed by atoms with Crippen molar-refractivity contribution >= 4 is 6.03 Å². The van der Waals surface area contributed by atoms with Crippen LogP contribution < -0.4 is 10.6 Å². The van der Waals surface area contributed by atoms with Gasteiger partial charge >= 0.3 is 6.03 Å². The first-order valence-corrected chi connectivity index (χ1v) is 6.29. The number of nitrogens with one attached hydrogen (secondary N) is 2. The highest BCUT2D eigenvalue weighted by Crippen LogP contribution is 2.18. The molecule has 0 spiro atoms. The Kier molecular flexibility index (Phi) is 5.51. The van der Waals surface area contributed by atoms with Gasteiger partial charge in [0, 0.05) is 12.1 Å². The van der Waals surface area contributed by atoms with Crippen LogP contribution >= 0.6 is 0 Å². The van der Waals surface area contributed by atoms with Crippen LogP contribution in [0.1, 0.15) is 58.8 Å². The molecule has 0 aliphatic heterocycles. The SMILES string of the molecule is CCCCCC[C@H](C)NC(=O)NC1CC1. The molecule has 2 N–H and O–H groups in total. The molecule has 15 heavy (non-hydrogen) atoms. The number of carbonyl (C=O) groups excluding carboxylic acids is 1. The fraction of sp³-hybridized carbons (Fsp3) is 0.917. The number of urea groups is 1. The maximum atomic E-state index is 11.4. The molecule has 0 radical (unpaired) electrons. The summed E-state index contributed by atoms with van der Waals surface area (Å²) in [6.45, 7) is 4.29. The lowest BCUT2D eigenvalue weighted by atomic mass is 10.1. The summed E-state index contributed by atoms with van der Waals surface area (Å²) in [5.74, 6) is 0. The van der Waals surface area contributed by atoms with Crippen LogP contribution in [-0.4, -0.2) is 18.1 Å². The average molecular weight is 212 g/mol. The minimum absolute atomic E-state index is 0.0143. The van der Waals surface area contributed by atoms with Crippen molar-refractivity contribution in [2.75, 3.05) is 0 Å². The van der Waals surface area contributed by atoms with E-state index >= 15 is 0 Å². The highest BCUT2D eigenvalue weighted by Gasteiger charge is 2.23. The minimum atomic E-state index is 0.0143. The van der Waals surface area contributed by atoms with Crippen molar-refractivity contribution in [3.05, 3.63) is 0 Å². The second kappa shape index (κ2) is 6.70. The third-order valence-electron chi connectivity index (χ3n) is 2.78. The molecule has 88 valence electrons. The molecule has 1 fully saturated rings. The van der Waals surface area contributed by atoms with Crippen LogP contribution in [0, 0.1) is 0 Å². The van der Waals surface area contributed by atoms with E-state index in [4.69, 9.17) is 0 Å². The number of hydrogen-bond donors (Lipinski definition) is 2. The summed E-state index contributed by atoms with van der Waals surface area (Å²) >= 11 is 0. The molecular weight excluding hydrogens is 188 g/mol. The Morgan fingerprint density at radius 2 is 2.07 bits per heavy atom. The zero-order valence-corrected chi connectivity index (χ0v) is 10.0. The predicted octanol–water partition coefficient (Wildman–Crippen LogP) is 2.81. The summed E-state index contributed by atoms with van der Waals surface area (Å²) in [5.41, 5.74) is 0. The van der Waals surface area contributed by atoms with Crippen molar-refractivity contribution < 1.29 is 4.79 Å². The normalized spacial score (nSPS) is 17.2. The molecule has 1 aliphatic carbocycles. The van der Waals surface area contributed by atoms with Gasteiger partial charge in [0.25, 0.3) is 0 Å². The van der Waals surface area contributed by atoms with Crippen LogP contribution in [0.3, 0.4) is 0 Å². The molecule has 0 saturated heterocycles. The summed E-state index contributed by atoms with van der Waals surface area (Å²) in [7, 11) is 0. The molecule has 3 nitrogen and oxygen atoms in total. The lowest BCUT2D eigenvalue weighted by Gasteiger charge is -2.14. The van der Waals surface area contributed by atoms with Gasteiger partial charge in [-0.15, -0.1) is 0 Å². The number of amides is 2. The molecule has 0 aromatic heterocycles. The van der Waals surface area contributed by atoms with Gasteiger partial charge < -0.3 is 10.6 Å². The van der Waals surface area contributed by atoms with Crippen LogP contribution in [0.25, 0.3) is 0 Å². The lowest BCUT2D eigenvalue weighted by Crippen LogP contribution is -2.41. The van der Waals surface area contributed by atoms with Gasteiger partial charge in [-0.2, -0.15) is 0 Å². The third kappa shape index (κ3) is 6.37. The van der Waals surface area contributed by atoms with E-state index in [9.17, 15) is 4.79 Å². The molecule has 2 amide bonds. The van der Waals surface area contributed by atoms with Crippen LogP contribution in [0.2, 0.25) is 0 Å². The third-order valence-corrected chi connectivity index (χ3v) is 2.78. The first kappa shape index (κ1) is 12.3. The van der Waals surface area contributed by atoms with Gasteiger partial charge in [0.1, 0.15) is 0 Å². The second-order valence-corrected chi connectivity index (χ2v) is 4.64. The van der Waals surface area contributed by atoms with Crippen LogP contribution in [-0.2, 0) is 0 Å². The average Bonchev–Trinajstić information content (AvgIpc) is 2.96. The van der Waals surface area contributed by atoms with Crippen molar-refractivity contribution in [1.29, 1.82) is 0 Å². The summed E-state index contributed by atoms with van der Waals surface area (Å²) in [6.07, 6.45) is 8.48. The van der Waals surface area contributed by atoms with Gasteiger partial charge in [-0.05, 0) is 26.2 Å². The van der Waals surface area contributed by atoms with Gasteiger partial charge in [0.15, 0.2) is 0 Å². The number of carbonyl (C=O) groups is 1. The maximum Gasteiger partial charge on any atom is 0.315 e. The van der Waals surface area contributed by atoms with E-state index in [0.29, 0.717) is 12.1 Å². The highest BCUT2D eigenvalue weighted by molar-refractivity contribution is 5.74. The zero-order chi connectivity index (χ0) is 11.1. The van der Waals surface area contributed by atoms with Gasteiger partial charge in [-0.25, -0.2) is 4.79 Å². The lowest BCUT2D eigenvalue weighted by molar-refractivity contribution is 0.236. The van der Waals surface area contributed by atoms with E-state index in [1.165, 1.54) is 25.7 Å². The molecule has 1 saturated carbocycles. The Hall–Kier alpha value is -0.730. The number of rotatable bonds is 7. The maximum absolute atomic E-state index is 11.4. The number of hydrogen-bond acceptors (Lipinski definition) is 1. The van der Waals surface area contributed by atoms with Crippen molar-refractivity contribution in [2.45, 2.75) is 70.9 Å². The second-order valence-electron chi connectivity index (χ2n) is 4.64. The molecule has 0 aromatic carbocycles. The zero-order valence-electron chi connectivity index (χ0n) is 10.0. The molecule has 3 heteroatoms. The van der Waals surface area contributed by atoms with E-state index in [-0.39, 0.29) is 6.03 Å². The first-order chi connectivity index (χ1) is 7.22. The van der Waals surface area contributed by atoms with Gasteiger partial charge in [0.2, 0.25) is 0 Å². The summed E-state index contributed by atoms with van der Waals surface area (Å²) in [5, 5.41) is 5.91. The molecule has 0 unspecified atom stereocenters. The number of unbranched alkanes of at least 4 members (excludes halogenated alkanes) is 3. The van der Waals surface area contributed by atoms with Crippen LogP contribution in [0.4, 0.5) is 4.79 Å². The van der Waals surface area contributed by atoms with E-state index < -0.39 is 0 Å². The molecular formula is C12H24N2O. The van der Waals surface area contributed by atoms with Crippen LogP contribution in [0.15, 0.2) is 0 Å². The van der Waals surface area contributed by atoms with Crippen molar-refractivity contribution in [2.24, 2.45) is 0 Å². The van der Waals surface area contributed by atoms with Gasteiger partial charge in [-0.3, -0.25) is 0 Å². The largest absolute Gasteiger partial charge is 0.336 e. The predicted molar refractivity (Wildman–Crippen MR) is 62.9 cm³/mol. The van der Waals surface area contributed by atoms with E-state index in [1.807, 2.05) is 0 Å². The highest BCUT2D eigenvalue weighted by atomic mass is 16.2. The molecule has 0 aromatic rings. The van der Waals surface area contributed by atoms with Gasteiger partial charge in [-0.1, -0.05) is 32.6 Å². The molecule has 0 heterocycles. The molecule has 1 aliphatic rings.